The van der Waals surface area contributed by atoms with E-state index < -0.39 is 17.6 Å². The topological polar surface area (TPSA) is 81.4 Å². The smallest absolute Gasteiger partial charge is 0.338 e. The Balaban J connectivity index is 1.94. The zero-order valence-electron chi connectivity index (χ0n) is 14.8. The first-order chi connectivity index (χ1) is 11.7. The number of amides is 1. The number of hydrogen-bond acceptors (Lipinski definition) is 4. The molecule has 0 saturated carbocycles. The number of carbonyl (C=O) groups excluding carboxylic acids is 2. The molecule has 3 N–H and O–H groups in total. The van der Waals surface area contributed by atoms with Crippen molar-refractivity contribution in [3.05, 3.63) is 65.7 Å². The number of hydrogen-bond donors (Lipinski definition) is 2. The molecule has 0 aliphatic carbocycles. The van der Waals surface area contributed by atoms with Crippen LogP contribution in [0.1, 0.15) is 36.7 Å². The van der Waals surface area contributed by atoms with Crippen molar-refractivity contribution in [2.75, 3.05) is 5.32 Å². The molecule has 25 heavy (non-hydrogen) atoms. The van der Waals surface area contributed by atoms with Crippen LogP contribution in [0.15, 0.2) is 54.6 Å². The molecule has 0 aliphatic heterocycles. The zero-order valence-corrected chi connectivity index (χ0v) is 14.8. The lowest BCUT2D eigenvalue weighted by atomic mass is 10.1. The van der Waals surface area contributed by atoms with E-state index in [0.717, 1.165) is 5.56 Å². The summed E-state index contributed by atoms with van der Waals surface area (Å²) < 4.78 is 5.30. The highest BCUT2D eigenvalue weighted by atomic mass is 16.6. The van der Waals surface area contributed by atoms with Crippen molar-refractivity contribution in [1.82, 2.24) is 0 Å². The summed E-state index contributed by atoms with van der Waals surface area (Å²) in [6.45, 7) is 5.44. The summed E-state index contributed by atoms with van der Waals surface area (Å²) in [6, 6.07) is 15.5. The molecule has 0 fully saturated rings. The fourth-order valence-electron chi connectivity index (χ4n) is 2.22. The molecule has 5 heteroatoms. The number of benzene rings is 2. The van der Waals surface area contributed by atoms with E-state index in [0.29, 0.717) is 17.7 Å². The van der Waals surface area contributed by atoms with Crippen molar-refractivity contribution in [3.8, 4) is 0 Å². The van der Waals surface area contributed by atoms with Gasteiger partial charge in [-0.1, -0.05) is 30.3 Å². The summed E-state index contributed by atoms with van der Waals surface area (Å²) in [6.07, 6.45) is 0.461. The van der Waals surface area contributed by atoms with Crippen LogP contribution in [0.2, 0.25) is 0 Å². The third kappa shape index (κ3) is 6.04. The van der Waals surface area contributed by atoms with Crippen molar-refractivity contribution in [1.29, 1.82) is 0 Å². The Labute approximate surface area is 148 Å². The van der Waals surface area contributed by atoms with Gasteiger partial charge in [-0.05, 0) is 57.0 Å². The molecule has 1 atom stereocenters. The Bertz CT molecular complexity index is 719. The number of esters is 1. The Hall–Kier alpha value is -2.66. The van der Waals surface area contributed by atoms with Gasteiger partial charge in [-0.25, -0.2) is 4.79 Å². The van der Waals surface area contributed by atoms with Crippen LogP contribution < -0.4 is 11.1 Å². The Morgan fingerprint density at radius 1 is 1.04 bits per heavy atom. The van der Waals surface area contributed by atoms with Crippen molar-refractivity contribution in [3.63, 3.8) is 0 Å². The predicted molar refractivity (Wildman–Crippen MR) is 98.4 cm³/mol. The normalized spacial score (nSPS) is 12.3. The number of ether oxygens (including phenoxy) is 1. The first-order valence-electron chi connectivity index (χ1n) is 8.18. The van der Waals surface area contributed by atoms with Crippen LogP contribution in [0.25, 0.3) is 0 Å². The van der Waals surface area contributed by atoms with E-state index in [1.54, 1.807) is 24.3 Å². The molecule has 132 valence electrons. The van der Waals surface area contributed by atoms with Gasteiger partial charge in [0.05, 0.1) is 11.6 Å². The SMILES string of the molecule is CC(C)(C)OC(=O)c1ccc(NC(=O)[C@@H](N)Cc2ccccc2)cc1. The van der Waals surface area contributed by atoms with Crippen LogP contribution in [0.4, 0.5) is 5.69 Å². The van der Waals surface area contributed by atoms with E-state index in [4.69, 9.17) is 10.5 Å². The van der Waals surface area contributed by atoms with Gasteiger partial charge in [0, 0.05) is 5.69 Å². The molecule has 0 aliphatic rings. The van der Waals surface area contributed by atoms with Gasteiger partial charge in [0.15, 0.2) is 0 Å². The molecule has 0 heterocycles. The van der Waals surface area contributed by atoms with Gasteiger partial charge in [0.25, 0.3) is 0 Å². The van der Waals surface area contributed by atoms with Crippen LogP contribution in [0.3, 0.4) is 0 Å². The summed E-state index contributed by atoms with van der Waals surface area (Å²) in [7, 11) is 0. The molecule has 2 aromatic carbocycles. The van der Waals surface area contributed by atoms with E-state index in [1.807, 2.05) is 51.1 Å². The van der Waals surface area contributed by atoms with Crippen LogP contribution >= 0.6 is 0 Å². The standard InChI is InChI=1S/C20H24N2O3/c1-20(2,3)25-19(24)15-9-11-16(12-10-15)22-18(23)17(21)13-14-7-5-4-6-8-14/h4-12,17H,13,21H2,1-3H3,(H,22,23)/t17-/m0/s1. The minimum absolute atomic E-state index is 0.270. The average Bonchev–Trinajstić information content (AvgIpc) is 2.54. The first-order valence-corrected chi connectivity index (χ1v) is 8.18. The maximum Gasteiger partial charge on any atom is 0.338 e. The molecule has 0 unspecified atom stereocenters. The number of carbonyl (C=O) groups is 2. The first kappa shape index (κ1) is 18.7. The predicted octanol–water partition coefficient (Wildman–Crippen LogP) is 3.15. The lowest BCUT2D eigenvalue weighted by molar-refractivity contribution is -0.117. The lowest BCUT2D eigenvalue weighted by Gasteiger charge is -2.19. The molecule has 2 aromatic rings. The van der Waals surface area contributed by atoms with Crippen molar-refractivity contribution in [2.24, 2.45) is 5.73 Å². The highest BCUT2D eigenvalue weighted by Gasteiger charge is 2.18. The van der Waals surface area contributed by atoms with Crippen LogP contribution in [0.5, 0.6) is 0 Å². The monoisotopic (exact) mass is 340 g/mol. The number of anilines is 1. The highest BCUT2D eigenvalue weighted by Crippen LogP contribution is 2.15. The van der Waals surface area contributed by atoms with Gasteiger partial charge in [-0.15, -0.1) is 0 Å². The minimum Gasteiger partial charge on any atom is -0.456 e. The van der Waals surface area contributed by atoms with Gasteiger partial charge in [0.2, 0.25) is 5.91 Å². The fourth-order valence-corrected chi connectivity index (χ4v) is 2.22. The molecule has 1 amide bonds. The summed E-state index contributed by atoms with van der Waals surface area (Å²) in [5, 5.41) is 2.76. The summed E-state index contributed by atoms with van der Waals surface area (Å²) in [5.74, 6) is -0.667. The molecule has 0 aromatic heterocycles. The largest absolute Gasteiger partial charge is 0.456 e. The summed E-state index contributed by atoms with van der Waals surface area (Å²) in [5.41, 5.74) is 7.43. The van der Waals surface area contributed by atoms with Gasteiger partial charge in [-0.3, -0.25) is 4.79 Å². The number of nitrogens with two attached hydrogens (primary N) is 1. The molecule has 0 bridgehead atoms. The third-order valence-corrected chi connectivity index (χ3v) is 3.42. The highest BCUT2D eigenvalue weighted by molar-refractivity contribution is 5.96. The molecule has 2 rings (SSSR count). The Morgan fingerprint density at radius 2 is 1.64 bits per heavy atom. The average molecular weight is 340 g/mol. The van der Waals surface area contributed by atoms with Crippen LogP contribution in [-0.4, -0.2) is 23.5 Å². The Kier molecular flexibility index (Phi) is 5.93. The lowest BCUT2D eigenvalue weighted by Crippen LogP contribution is -2.37. The molecule has 0 spiro atoms. The van der Waals surface area contributed by atoms with E-state index in [9.17, 15) is 9.59 Å². The maximum atomic E-state index is 12.2. The second kappa shape index (κ2) is 7.94. The summed E-state index contributed by atoms with van der Waals surface area (Å²) >= 11 is 0. The minimum atomic E-state index is -0.645. The number of rotatable bonds is 5. The number of nitrogens with one attached hydrogen (secondary N) is 1. The molecular formula is C20H24N2O3. The Morgan fingerprint density at radius 3 is 2.20 bits per heavy atom. The van der Waals surface area contributed by atoms with Gasteiger partial charge in [0.1, 0.15) is 5.60 Å². The van der Waals surface area contributed by atoms with Gasteiger partial charge < -0.3 is 15.8 Å². The fraction of sp³-hybridized carbons (Fsp3) is 0.300. The van der Waals surface area contributed by atoms with Crippen molar-refractivity contribution >= 4 is 17.6 Å². The van der Waals surface area contributed by atoms with E-state index in [1.165, 1.54) is 0 Å². The van der Waals surface area contributed by atoms with Gasteiger partial charge >= 0.3 is 5.97 Å². The third-order valence-electron chi connectivity index (χ3n) is 3.42. The van der Waals surface area contributed by atoms with Crippen LogP contribution in [0, 0.1) is 0 Å². The van der Waals surface area contributed by atoms with Crippen molar-refractivity contribution in [2.45, 2.75) is 38.8 Å². The molecule has 5 nitrogen and oxygen atoms in total. The maximum absolute atomic E-state index is 12.2. The zero-order chi connectivity index (χ0) is 18.4. The van der Waals surface area contributed by atoms with E-state index >= 15 is 0 Å². The molecular weight excluding hydrogens is 316 g/mol. The second-order valence-electron chi connectivity index (χ2n) is 6.86. The summed E-state index contributed by atoms with van der Waals surface area (Å²) in [4.78, 5) is 24.2. The van der Waals surface area contributed by atoms with Gasteiger partial charge in [-0.2, -0.15) is 0 Å². The van der Waals surface area contributed by atoms with Crippen molar-refractivity contribution < 1.29 is 14.3 Å². The van der Waals surface area contributed by atoms with E-state index in [-0.39, 0.29) is 5.91 Å². The van der Waals surface area contributed by atoms with Crippen LogP contribution in [-0.2, 0) is 16.0 Å². The van der Waals surface area contributed by atoms with E-state index in [2.05, 4.69) is 5.32 Å². The molecule has 0 radical (unpaired) electrons. The quantitative estimate of drug-likeness (QED) is 0.819. The molecule has 0 saturated heterocycles. The second-order valence-corrected chi connectivity index (χ2v) is 6.86.